The second kappa shape index (κ2) is 11.9. The molecule has 0 aromatic carbocycles. The zero-order valence-corrected chi connectivity index (χ0v) is 17.4. The van der Waals surface area contributed by atoms with Gasteiger partial charge in [-0.25, -0.2) is 0 Å². The molecule has 0 aromatic heterocycles. The molecular weight excluding hydrogens is 393 g/mol. The van der Waals surface area contributed by atoms with Gasteiger partial charge in [0.25, 0.3) is 0 Å². The van der Waals surface area contributed by atoms with Crippen LogP contribution in [0.15, 0.2) is 4.99 Å². The van der Waals surface area contributed by atoms with Gasteiger partial charge in [-0.1, -0.05) is 6.92 Å². The largest absolute Gasteiger partial charge is 0.355 e. The van der Waals surface area contributed by atoms with E-state index in [2.05, 4.69) is 46.7 Å². The molecular formula is C15H34IN5O. The van der Waals surface area contributed by atoms with Crippen LogP contribution in [0.25, 0.3) is 0 Å². The first-order valence-electron chi connectivity index (χ1n) is 7.65. The Labute approximate surface area is 152 Å². The van der Waals surface area contributed by atoms with E-state index in [4.69, 9.17) is 0 Å². The molecule has 1 unspecified atom stereocenters. The van der Waals surface area contributed by atoms with Crippen LogP contribution in [0.1, 0.15) is 41.0 Å². The van der Waals surface area contributed by atoms with Gasteiger partial charge in [-0.05, 0) is 41.2 Å². The summed E-state index contributed by atoms with van der Waals surface area (Å²) >= 11 is 0. The van der Waals surface area contributed by atoms with Crippen LogP contribution in [0.2, 0.25) is 0 Å². The number of hydrogen-bond donors (Lipinski definition) is 3. The number of nitrogens with one attached hydrogen (secondary N) is 3. The Bertz CT molecular complexity index is 341. The van der Waals surface area contributed by atoms with Crippen molar-refractivity contribution >= 4 is 35.8 Å². The lowest BCUT2D eigenvalue weighted by Crippen LogP contribution is -2.49. The fourth-order valence-corrected chi connectivity index (χ4v) is 1.73. The van der Waals surface area contributed by atoms with Crippen LogP contribution in [-0.2, 0) is 4.79 Å². The molecule has 0 radical (unpaired) electrons. The predicted molar refractivity (Wildman–Crippen MR) is 105 cm³/mol. The maximum atomic E-state index is 11.7. The average Bonchev–Trinajstić information content (AvgIpc) is 2.39. The summed E-state index contributed by atoms with van der Waals surface area (Å²) < 4.78 is 0. The normalized spacial score (nSPS) is 13.4. The Morgan fingerprint density at radius 3 is 2.32 bits per heavy atom. The van der Waals surface area contributed by atoms with Gasteiger partial charge < -0.3 is 20.9 Å². The number of aliphatic imine (C=N–C) groups is 1. The number of guanidine groups is 1. The van der Waals surface area contributed by atoms with Gasteiger partial charge in [0, 0.05) is 31.7 Å². The standard InChI is InChI=1S/C15H33N5O.HI/c1-8-12(2)20(7)10-9-17-14(16-6)18-11-13(21)19-15(3,4)5;/h12H,8-11H2,1-7H3,(H,19,21)(H2,16,17,18);1H. The topological polar surface area (TPSA) is 68.8 Å². The molecule has 1 atom stereocenters. The quantitative estimate of drug-likeness (QED) is 0.327. The Morgan fingerprint density at radius 2 is 1.86 bits per heavy atom. The molecule has 0 bridgehead atoms. The van der Waals surface area contributed by atoms with Gasteiger partial charge in [0.1, 0.15) is 0 Å². The Balaban J connectivity index is 0. The van der Waals surface area contributed by atoms with Crippen molar-refractivity contribution in [1.29, 1.82) is 0 Å². The molecule has 0 aliphatic heterocycles. The summed E-state index contributed by atoms with van der Waals surface area (Å²) in [6.07, 6.45) is 1.14. The van der Waals surface area contributed by atoms with E-state index in [1.807, 2.05) is 20.8 Å². The lowest BCUT2D eigenvalue weighted by atomic mass is 10.1. The second-order valence-electron chi connectivity index (χ2n) is 6.39. The molecule has 7 heteroatoms. The molecule has 0 heterocycles. The second-order valence-corrected chi connectivity index (χ2v) is 6.39. The SMILES string of the molecule is CCC(C)N(C)CCNC(=NC)NCC(=O)NC(C)(C)C.I. The molecule has 22 heavy (non-hydrogen) atoms. The Kier molecular flexibility index (Phi) is 12.8. The van der Waals surface area contributed by atoms with E-state index < -0.39 is 0 Å². The van der Waals surface area contributed by atoms with Gasteiger partial charge in [-0.2, -0.15) is 0 Å². The summed E-state index contributed by atoms with van der Waals surface area (Å²) in [5.74, 6) is 0.610. The lowest BCUT2D eigenvalue weighted by Gasteiger charge is -2.24. The van der Waals surface area contributed by atoms with Crippen LogP contribution < -0.4 is 16.0 Å². The first-order chi connectivity index (χ1) is 9.69. The van der Waals surface area contributed by atoms with Gasteiger partial charge in [0.15, 0.2) is 5.96 Å². The molecule has 6 nitrogen and oxygen atoms in total. The van der Waals surface area contributed by atoms with E-state index in [0.29, 0.717) is 12.0 Å². The van der Waals surface area contributed by atoms with E-state index in [1.54, 1.807) is 7.05 Å². The Hall–Kier alpha value is -0.570. The number of carbonyl (C=O) groups is 1. The van der Waals surface area contributed by atoms with Crippen molar-refractivity contribution in [2.75, 3.05) is 33.7 Å². The Morgan fingerprint density at radius 1 is 1.27 bits per heavy atom. The highest BCUT2D eigenvalue weighted by Gasteiger charge is 2.13. The monoisotopic (exact) mass is 427 g/mol. The summed E-state index contributed by atoms with van der Waals surface area (Å²) in [4.78, 5) is 18.1. The van der Waals surface area contributed by atoms with Crippen LogP contribution in [0.3, 0.4) is 0 Å². The number of carbonyl (C=O) groups excluding carboxylic acids is 1. The average molecular weight is 427 g/mol. The fourth-order valence-electron chi connectivity index (χ4n) is 1.73. The van der Waals surface area contributed by atoms with E-state index in [9.17, 15) is 4.79 Å². The van der Waals surface area contributed by atoms with Gasteiger partial charge in [-0.15, -0.1) is 24.0 Å². The van der Waals surface area contributed by atoms with Crippen LogP contribution in [0, 0.1) is 0 Å². The van der Waals surface area contributed by atoms with Gasteiger partial charge >= 0.3 is 0 Å². The molecule has 0 aliphatic carbocycles. The highest BCUT2D eigenvalue weighted by molar-refractivity contribution is 14.0. The minimum absolute atomic E-state index is 0. The molecule has 0 aliphatic rings. The number of likely N-dealkylation sites (N-methyl/N-ethyl adjacent to an activating group) is 1. The van der Waals surface area contributed by atoms with Gasteiger partial charge in [-0.3, -0.25) is 9.79 Å². The van der Waals surface area contributed by atoms with E-state index in [0.717, 1.165) is 19.5 Å². The third-order valence-electron chi connectivity index (χ3n) is 3.25. The van der Waals surface area contributed by atoms with Crippen LogP contribution in [0.4, 0.5) is 0 Å². The molecule has 0 spiro atoms. The van der Waals surface area contributed by atoms with E-state index in [-0.39, 0.29) is 42.0 Å². The lowest BCUT2D eigenvalue weighted by molar-refractivity contribution is -0.121. The molecule has 1 amide bonds. The number of amides is 1. The molecule has 0 saturated heterocycles. The molecule has 0 fully saturated rings. The zero-order valence-electron chi connectivity index (χ0n) is 15.1. The predicted octanol–water partition coefficient (Wildman–Crippen LogP) is 1.41. The summed E-state index contributed by atoms with van der Waals surface area (Å²) in [6, 6.07) is 0.569. The molecule has 3 N–H and O–H groups in total. The van der Waals surface area contributed by atoms with Crippen LogP contribution in [-0.4, -0.2) is 62.1 Å². The fraction of sp³-hybridized carbons (Fsp3) is 0.867. The minimum Gasteiger partial charge on any atom is -0.355 e. The highest BCUT2D eigenvalue weighted by Crippen LogP contribution is 1.98. The van der Waals surface area contributed by atoms with E-state index >= 15 is 0 Å². The molecule has 0 aromatic rings. The third kappa shape index (κ3) is 12.0. The van der Waals surface area contributed by atoms with Crippen molar-refractivity contribution in [1.82, 2.24) is 20.9 Å². The van der Waals surface area contributed by atoms with Crippen LogP contribution >= 0.6 is 24.0 Å². The number of halogens is 1. The summed E-state index contributed by atoms with van der Waals surface area (Å²) in [5, 5.41) is 9.13. The van der Waals surface area contributed by atoms with Crippen molar-refractivity contribution in [3.63, 3.8) is 0 Å². The molecule has 0 rings (SSSR count). The van der Waals surface area contributed by atoms with Crippen molar-refractivity contribution < 1.29 is 4.79 Å². The number of hydrogen-bond acceptors (Lipinski definition) is 3. The smallest absolute Gasteiger partial charge is 0.239 e. The molecule has 132 valence electrons. The highest BCUT2D eigenvalue weighted by atomic mass is 127. The summed E-state index contributed by atoms with van der Waals surface area (Å²) in [7, 11) is 3.82. The number of rotatable bonds is 7. The minimum atomic E-state index is -0.214. The van der Waals surface area contributed by atoms with Crippen molar-refractivity contribution in [3.05, 3.63) is 0 Å². The van der Waals surface area contributed by atoms with Crippen LogP contribution in [0.5, 0.6) is 0 Å². The first-order valence-corrected chi connectivity index (χ1v) is 7.65. The van der Waals surface area contributed by atoms with E-state index in [1.165, 1.54) is 0 Å². The summed E-state index contributed by atoms with van der Waals surface area (Å²) in [5.41, 5.74) is -0.214. The maximum absolute atomic E-state index is 11.7. The van der Waals surface area contributed by atoms with Crippen molar-refractivity contribution in [2.45, 2.75) is 52.6 Å². The molecule has 0 saturated carbocycles. The van der Waals surface area contributed by atoms with Crippen molar-refractivity contribution in [2.24, 2.45) is 4.99 Å². The number of nitrogens with zero attached hydrogens (tertiary/aromatic N) is 2. The third-order valence-corrected chi connectivity index (χ3v) is 3.25. The maximum Gasteiger partial charge on any atom is 0.239 e. The van der Waals surface area contributed by atoms with Gasteiger partial charge in [0.2, 0.25) is 5.91 Å². The van der Waals surface area contributed by atoms with Gasteiger partial charge in [0.05, 0.1) is 6.54 Å². The van der Waals surface area contributed by atoms with Crippen molar-refractivity contribution in [3.8, 4) is 0 Å². The first kappa shape index (κ1) is 23.7. The zero-order chi connectivity index (χ0) is 16.5. The summed E-state index contributed by atoms with van der Waals surface area (Å²) in [6.45, 7) is 12.2.